The minimum atomic E-state index is -0.776. The number of hydrogen-bond donors (Lipinski definition) is 0. The van der Waals surface area contributed by atoms with Crippen LogP contribution in [-0.2, 0) is 14.3 Å². The van der Waals surface area contributed by atoms with Gasteiger partial charge in [-0.25, -0.2) is 9.59 Å². The van der Waals surface area contributed by atoms with Crippen LogP contribution in [0.1, 0.15) is 25.5 Å². The van der Waals surface area contributed by atoms with Crippen LogP contribution in [0.15, 0.2) is 41.6 Å². The molecule has 0 aromatic heterocycles. The first-order chi connectivity index (χ1) is 10.5. The fourth-order valence-electron chi connectivity index (χ4n) is 2.48. The van der Waals surface area contributed by atoms with Crippen LogP contribution < -0.4 is 0 Å². The number of ether oxygens (including phenoxy) is 1. The second kappa shape index (κ2) is 6.43. The van der Waals surface area contributed by atoms with Crippen LogP contribution in [0.4, 0.5) is 4.79 Å². The number of nitrogens with zero attached hydrogens (tertiary/aromatic N) is 2. The van der Waals surface area contributed by atoms with Crippen molar-refractivity contribution in [1.29, 1.82) is 0 Å². The third-order valence-electron chi connectivity index (χ3n) is 3.68. The first-order valence-corrected chi connectivity index (χ1v) is 6.97. The fraction of sp³-hybridized carbons (Fsp3) is 0.312. The summed E-state index contributed by atoms with van der Waals surface area (Å²) in [4.78, 5) is 38.4. The van der Waals surface area contributed by atoms with E-state index in [9.17, 15) is 14.4 Å². The molecule has 0 saturated heterocycles. The fourth-order valence-corrected chi connectivity index (χ4v) is 2.48. The molecular formula is C16H18N2O4. The number of hydrogen-bond acceptors (Lipinski definition) is 4. The standard InChI is InChI=1S/C16H18N2O4/c1-4-22-15(20)13-11(2)17(3)16(21)18(10-19)14(13)12-8-6-5-7-9-12/h5-10,14H,4H2,1-3H3/t14-/m0/s1. The van der Waals surface area contributed by atoms with E-state index in [2.05, 4.69) is 0 Å². The van der Waals surface area contributed by atoms with E-state index < -0.39 is 18.0 Å². The molecule has 0 aliphatic carbocycles. The molecule has 0 fully saturated rings. The highest BCUT2D eigenvalue weighted by atomic mass is 16.5. The van der Waals surface area contributed by atoms with E-state index in [0.29, 0.717) is 23.2 Å². The number of allylic oxidation sites excluding steroid dienone is 1. The summed E-state index contributed by atoms with van der Waals surface area (Å²) in [6.45, 7) is 3.60. The summed E-state index contributed by atoms with van der Waals surface area (Å²) in [7, 11) is 1.52. The molecule has 3 amide bonds. The van der Waals surface area contributed by atoms with Gasteiger partial charge in [-0.05, 0) is 19.4 Å². The molecule has 0 bridgehead atoms. The maximum atomic E-state index is 12.3. The Balaban J connectivity index is 2.63. The Morgan fingerprint density at radius 3 is 2.50 bits per heavy atom. The van der Waals surface area contributed by atoms with Crippen molar-refractivity contribution in [2.45, 2.75) is 19.9 Å². The molecular weight excluding hydrogens is 284 g/mol. The lowest BCUT2D eigenvalue weighted by atomic mass is 9.94. The highest BCUT2D eigenvalue weighted by molar-refractivity contribution is 5.98. The summed E-state index contributed by atoms with van der Waals surface area (Å²) < 4.78 is 5.10. The Hall–Kier alpha value is -2.63. The molecule has 2 rings (SSSR count). The van der Waals surface area contributed by atoms with Gasteiger partial charge >= 0.3 is 12.0 Å². The second-order valence-corrected chi connectivity index (χ2v) is 4.89. The van der Waals surface area contributed by atoms with Crippen LogP contribution in [0.5, 0.6) is 0 Å². The normalized spacial score (nSPS) is 18.5. The van der Waals surface area contributed by atoms with Crippen LogP contribution in [0, 0.1) is 0 Å². The third kappa shape index (κ3) is 2.59. The van der Waals surface area contributed by atoms with Crippen molar-refractivity contribution in [2.24, 2.45) is 0 Å². The van der Waals surface area contributed by atoms with Crippen molar-refractivity contribution in [3.05, 3.63) is 47.2 Å². The number of benzene rings is 1. The molecule has 0 radical (unpaired) electrons. The van der Waals surface area contributed by atoms with Crippen LogP contribution in [0.2, 0.25) is 0 Å². The molecule has 116 valence electrons. The van der Waals surface area contributed by atoms with Gasteiger partial charge in [-0.2, -0.15) is 0 Å². The van der Waals surface area contributed by atoms with Gasteiger partial charge in [-0.15, -0.1) is 0 Å². The first-order valence-electron chi connectivity index (χ1n) is 6.97. The number of amides is 3. The Morgan fingerprint density at radius 2 is 1.95 bits per heavy atom. The zero-order valence-corrected chi connectivity index (χ0v) is 12.8. The predicted molar refractivity (Wildman–Crippen MR) is 79.6 cm³/mol. The number of imide groups is 1. The monoisotopic (exact) mass is 302 g/mol. The van der Waals surface area contributed by atoms with Crippen LogP contribution >= 0.6 is 0 Å². The third-order valence-corrected chi connectivity index (χ3v) is 3.68. The van der Waals surface area contributed by atoms with Gasteiger partial charge < -0.3 is 9.64 Å². The summed E-state index contributed by atoms with van der Waals surface area (Å²) >= 11 is 0. The minimum Gasteiger partial charge on any atom is -0.463 e. The van der Waals surface area contributed by atoms with E-state index in [1.165, 1.54) is 11.9 Å². The summed E-state index contributed by atoms with van der Waals surface area (Å²) in [5.74, 6) is -0.528. The number of rotatable bonds is 4. The summed E-state index contributed by atoms with van der Waals surface area (Å²) in [6, 6.07) is 7.69. The summed E-state index contributed by atoms with van der Waals surface area (Å²) in [5.41, 5.74) is 1.45. The molecule has 1 aromatic carbocycles. The molecule has 1 aromatic rings. The summed E-state index contributed by atoms with van der Waals surface area (Å²) in [6.07, 6.45) is 0.447. The van der Waals surface area contributed by atoms with Gasteiger partial charge in [0.1, 0.15) is 6.04 Å². The van der Waals surface area contributed by atoms with Crippen molar-refractivity contribution in [2.75, 3.05) is 13.7 Å². The number of carbonyl (C=O) groups is 3. The summed E-state index contributed by atoms with van der Waals surface area (Å²) in [5, 5.41) is 0. The van der Waals surface area contributed by atoms with Crippen molar-refractivity contribution >= 4 is 18.4 Å². The maximum Gasteiger partial charge on any atom is 0.338 e. The average Bonchev–Trinajstić information content (AvgIpc) is 2.53. The lowest BCUT2D eigenvalue weighted by Gasteiger charge is -2.38. The molecule has 0 spiro atoms. The van der Waals surface area contributed by atoms with Gasteiger partial charge in [0.05, 0.1) is 12.2 Å². The Morgan fingerprint density at radius 1 is 1.32 bits per heavy atom. The van der Waals surface area contributed by atoms with Crippen molar-refractivity contribution in [3.63, 3.8) is 0 Å². The van der Waals surface area contributed by atoms with E-state index in [4.69, 9.17) is 4.74 Å². The molecule has 1 aliphatic rings. The highest BCUT2D eigenvalue weighted by Gasteiger charge is 2.40. The molecule has 6 nitrogen and oxygen atoms in total. The molecule has 6 heteroatoms. The van der Waals surface area contributed by atoms with E-state index in [1.54, 1.807) is 38.1 Å². The van der Waals surface area contributed by atoms with Crippen LogP contribution in [0.25, 0.3) is 0 Å². The first kappa shape index (κ1) is 15.8. The topological polar surface area (TPSA) is 66.9 Å². The van der Waals surface area contributed by atoms with Crippen molar-refractivity contribution in [3.8, 4) is 0 Å². The average molecular weight is 302 g/mol. The SMILES string of the molecule is CCOC(=O)C1=C(C)N(C)C(=O)N(C=O)[C@H]1c1ccccc1. The number of esters is 1. The molecule has 0 N–H and O–H groups in total. The van der Waals surface area contributed by atoms with Gasteiger partial charge in [-0.1, -0.05) is 30.3 Å². The molecule has 0 saturated carbocycles. The van der Waals surface area contributed by atoms with E-state index in [1.807, 2.05) is 6.07 Å². The smallest absolute Gasteiger partial charge is 0.338 e. The second-order valence-electron chi connectivity index (χ2n) is 4.89. The molecule has 1 atom stereocenters. The van der Waals surface area contributed by atoms with Crippen molar-refractivity contribution in [1.82, 2.24) is 9.80 Å². The zero-order chi connectivity index (χ0) is 16.3. The molecule has 22 heavy (non-hydrogen) atoms. The highest BCUT2D eigenvalue weighted by Crippen LogP contribution is 2.36. The van der Waals surface area contributed by atoms with Crippen LogP contribution in [-0.4, -0.2) is 41.9 Å². The number of urea groups is 1. The van der Waals surface area contributed by atoms with Gasteiger partial charge in [0.2, 0.25) is 6.41 Å². The molecule has 1 heterocycles. The number of carbonyl (C=O) groups excluding carboxylic acids is 3. The van der Waals surface area contributed by atoms with Gasteiger partial charge in [0.25, 0.3) is 0 Å². The van der Waals surface area contributed by atoms with Gasteiger partial charge in [0.15, 0.2) is 0 Å². The van der Waals surface area contributed by atoms with E-state index >= 15 is 0 Å². The lowest BCUT2D eigenvalue weighted by molar-refractivity contribution is -0.139. The zero-order valence-electron chi connectivity index (χ0n) is 12.8. The van der Waals surface area contributed by atoms with Crippen molar-refractivity contribution < 1.29 is 19.1 Å². The van der Waals surface area contributed by atoms with Crippen LogP contribution in [0.3, 0.4) is 0 Å². The Labute approximate surface area is 129 Å². The van der Waals surface area contributed by atoms with Gasteiger partial charge in [-0.3, -0.25) is 9.69 Å². The van der Waals surface area contributed by atoms with Gasteiger partial charge in [0, 0.05) is 12.7 Å². The molecule has 0 unspecified atom stereocenters. The minimum absolute atomic E-state index is 0.218. The Bertz CT molecular complexity index is 624. The van der Waals surface area contributed by atoms with E-state index in [0.717, 1.165) is 4.90 Å². The quantitative estimate of drug-likeness (QED) is 0.631. The maximum absolute atomic E-state index is 12.3. The largest absolute Gasteiger partial charge is 0.463 e. The molecule has 1 aliphatic heterocycles. The van der Waals surface area contributed by atoms with E-state index in [-0.39, 0.29) is 6.61 Å². The Kier molecular flexibility index (Phi) is 4.60. The predicted octanol–water partition coefficient (Wildman–Crippen LogP) is 2.09. The lowest BCUT2D eigenvalue weighted by Crippen LogP contribution is -2.48.